The number of ketones is 2. The van der Waals surface area contributed by atoms with Crippen molar-refractivity contribution < 1.29 is 42.9 Å². The third-order valence-corrected chi connectivity index (χ3v) is 15.1. The van der Waals surface area contributed by atoms with Gasteiger partial charge in [0.25, 0.3) is 0 Å². The van der Waals surface area contributed by atoms with Crippen LogP contribution in [0.2, 0.25) is 18.1 Å². The zero-order valence-electron chi connectivity index (χ0n) is 27.8. The van der Waals surface area contributed by atoms with Gasteiger partial charge in [-0.3, -0.25) is 14.4 Å². The second kappa shape index (κ2) is 13.4. The Labute approximate surface area is 267 Å². The van der Waals surface area contributed by atoms with Crippen molar-refractivity contribution in [2.24, 2.45) is 11.3 Å². The number of aliphatic hydroxyl groups is 1. The van der Waals surface area contributed by atoms with Crippen molar-refractivity contribution in [3.05, 3.63) is 58.7 Å². The minimum atomic E-state index is -2.40. The van der Waals surface area contributed by atoms with Crippen LogP contribution in [0.5, 0.6) is 0 Å². The summed E-state index contributed by atoms with van der Waals surface area (Å²) in [6.45, 7) is 14.5. The summed E-state index contributed by atoms with van der Waals surface area (Å²) in [6, 6.07) is 10.7. The molecular formula is C35H48O9Si. The molecule has 9 nitrogen and oxygen atoms in total. The molecule has 1 aromatic rings. The summed E-state index contributed by atoms with van der Waals surface area (Å²) < 4.78 is 25.3. The molecule has 0 bridgehead atoms. The van der Waals surface area contributed by atoms with Crippen LogP contribution in [0.25, 0.3) is 0 Å². The molecule has 4 unspecified atom stereocenters. The van der Waals surface area contributed by atoms with Crippen LogP contribution in [0.4, 0.5) is 0 Å². The highest BCUT2D eigenvalue weighted by Gasteiger charge is 2.74. The largest absolute Gasteiger partial charge is 0.453 e. The topological polar surface area (TPSA) is 125 Å². The van der Waals surface area contributed by atoms with E-state index < -0.39 is 73.2 Å². The highest BCUT2D eigenvalue weighted by molar-refractivity contribution is 6.73. The molecule has 2 fully saturated rings. The SMILES string of the molecule is CC[Si](CC)(CC)O[C@H]1CC2OC[C@@]2(OC(C)=O)C2C(OC(=O)c3ccccc3)C(=O)C/C=C(/C)C(=C(C)C)C(O)C(=O)[C@@]21C. The Morgan fingerprint density at radius 1 is 1.04 bits per heavy atom. The van der Waals surface area contributed by atoms with Gasteiger partial charge in [-0.25, -0.2) is 4.79 Å². The average molecular weight is 641 g/mol. The molecule has 4 rings (SSSR count). The molecule has 0 aromatic heterocycles. The van der Waals surface area contributed by atoms with E-state index in [-0.39, 0.29) is 25.0 Å². The molecule has 10 heteroatoms. The van der Waals surface area contributed by atoms with E-state index in [2.05, 4.69) is 20.8 Å². The summed E-state index contributed by atoms with van der Waals surface area (Å²) in [5.74, 6) is -3.58. The lowest BCUT2D eigenvalue weighted by molar-refractivity contribution is -0.325. The minimum Gasteiger partial charge on any atom is -0.453 e. The first-order chi connectivity index (χ1) is 21.2. The second-order valence-corrected chi connectivity index (χ2v) is 17.8. The Balaban J connectivity index is 2.03. The van der Waals surface area contributed by atoms with Crippen LogP contribution in [0.1, 0.15) is 78.6 Å². The van der Waals surface area contributed by atoms with Gasteiger partial charge in [0.15, 0.2) is 31.6 Å². The molecule has 1 saturated heterocycles. The average Bonchev–Trinajstić information content (AvgIpc) is 3.01. The van der Waals surface area contributed by atoms with Crippen LogP contribution < -0.4 is 0 Å². The number of ether oxygens (including phenoxy) is 3. The Hall–Kier alpha value is -2.92. The van der Waals surface area contributed by atoms with Gasteiger partial charge in [0, 0.05) is 19.8 Å². The fourth-order valence-electron chi connectivity index (χ4n) is 7.72. The Morgan fingerprint density at radius 3 is 2.18 bits per heavy atom. The summed E-state index contributed by atoms with van der Waals surface area (Å²) in [4.78, 5) is 55.7. The smallest absolute Gasteiger partial charge is 0.338 e. The molecule has 0 spiro atoms. The standard InChI is InChI=1S/C35H48O9Si/c1-9-45(10-2,11-3)44-26-19-27-35(20-41-27,43-23(7)36)31-30(42-33(40)24-15-13-12-14-16-24)25(37)18-17-22(6)28(21(4)5)29(38)32(39)34(26,31)8/h12-17,26-27,29-31,38H,9-11,18-20H2,1-8H3/b22-17-/t26-,27?,29?,30?,31?,34+,35-/m0/s1. The van der Waals surface area contributed by atoms with Crippen molar-refractivity contribution in [2.75, 3.05) is 6.61 Å². The van der Waals surface area contributed by atoms with Gasteiger partial charge in [-0.2, -0.15) is 0 Å². The lowest BCUT2D eigenvalue weighted by atomic mass is 9.51. The number of Topliss-reactive ketones (excluding diaryl/α,β-unsaturated/α-hetero) is 2. The van der Waals surface area contributed by atoms with Crippen LogP contribution in [0.15, 0.2) is 53.1 Å². The van der Waals surface area contributed by atoms with Crippen molar-refractivity contribution >= 4 is 31.8 Å². The van der Waals surface area contributed by atoms with Crippen LogP contribution >= 0.6 is 0 Å². The molecule has 1 aliphatic heterocycles. The van der Waals surface area contributed by atoms with Gasteiger partial charge in [0.1, 0.15) is 12.2 Å². The first-order valence-corrected chi connectivity index (χ1v) is 18.6. The van der Waals surface area contributed by atoms with Gasteiger partial charge in [0.2, 0.25) is 0 Å². The number of hydrogen-bond acceptors (Lipinski definition) is 9. The molecule has 1 saturated carbocycles. The number of benzene rings is 1. The lowest BCUT2D eigenvalue weighted by Gasteiger charge is -2.64. The first-order valence-electron chi connectivity index (χ1n) is 16.1. The normalized spacial score (nSPS) is 33.1. The van der Waals surface area contributed by atoms with E-state index >= 15 is 4.79 Å². The fraction of sp³-hybridized carbons (Fsp3) is 0.600. The van der Waals surface area contributed by atoms with Crippen molar-refractivity contribution in [1.29, 1.82) is 0 Å². The summed E-state index contributed by atoms with van der Waals surface area (Å²) in [7, 11) is -2.40. The van der Waals surface area contributed by atoms with Gasteiger partial charge >= 0.3 is 11.9 Å². The van der Waals surface area contributed by atoms with E-state index in [9.17, 15) is 19.5 Å². The number of fused-ring (bicyclic) bond motifs is 3. The van der Waals surface area contributed by atoms with Crippen LogP contribution in [0, 0.1) is 11.3 Å². The molecular weight excluding hydrogens is 592 g/mol. The Morgan fingerprint density at radius 2 is 1.67 bits per heavy atom. The Kier molecular flexibility index (Phi) is 10.4. The molecule has 1 heterocycles. The number of carbonyl (C=O) groups is 4. The number of esters is 2. The number of carbonyl (C=O) groups excluding carboxylic acids is 4. The Bertz CT molecular complexity index is 1370. The van der Waals surface area contributed by atoms with E-state index in [1.807, 2.05) is 13.8 Å². The van der Waals surface area contributed by atoms with Gasteiger partial charge in [-0.1, -0.05) is 50.6 Å². The lowest BCUT2D eigenvalue weighted by Crippen LogP contribution is -2.79. The number of rotatable bonds is 8. The van der Waals surface area contributed by atoms with E-state index in [1.165, 1.54) is 6.92 Å². The first kappa shape index (κ1) is 34.9. The maximum absolute atomic E-state index is 15.0. The van der Waals surface area contributed by atoms with Gasteiger partial charge in [-0.05, 0) is 69.1 Å². The molecule has 0 amide bonds. The molecule has 45 heavy (non-hydrogen) atoms. The number of aliphatic hydroxyl groups excluding tert-OH is 1. The van der Waals surface area contributed by atoms with Gasteiger partial charge in [0.05, 0.1) is 29.6 Å². The number of hydrogen-bond donors (Lipinski definition) is 1. The molecule has 3 aliphatic rings. The summed E-state index contributed by atoms with van der Waals surface area (Å²) >= 11 is 0. The summed E-state index contributed by atoms with van der Waals surface area (Å²) in [5, 5.41) is 11.9. The van der Waals surface area contributed by atoms with E-state index in [0.717, 1.165) is 23.7 Å². The van der Waals surface area contributed by atoms with E-state index in [1.54, 1.807) is 50.3 Å². The predicted molar refractivity (Wildman–Crippen MR) is 171 cm³/mol. The summed E-state index contributed by atoms with van der Waals surface area (Å²) in [6.07, 6.45) is -2.85. The van der Waals surface area contributed by atoms with Crippen LogP contribution in [0.3, 0.4) is 0 Å². The molecule has 1 aromatic carbocycles. The zero-order chi connectivity index (χ0) is 33.3. The maximum atomic E-state index is 15.0. The molecule has 0 radical (unpaired) electrons. The van der Waals surface area contributed by atoms with Crippen LogP contribution in [-0.2, 0) is 33.0 Å². The van der Waals surface area contributed by atoms with Crippen molar-refractivity contribution in [3.63, 3.8) is 0 Å². The zero-order valence-corrected chi connectivity index (χ0v) is 28.8. The third kappa shape index (κ3) is 6.14. The van der Waals surface area contributed by atoms with E-state index in [4.69, 9.17) is 18.6 Å². The van der Waals surface area contributed by atoms with Crippen molar-refractivity contribution in [1.82, 2.24) is 0 Å². The highest BCUT2D eigenvalue weighted by Crippen LogP contribution is 2.59. The highest BCUT2D eigenvalue weighted by atomic mass is 28.4. The minimum absolute atomic E-state index is 0.0947. The van der Waals surface area contributed by atoms with Crippen molar-refractivity contribution in [2.45, 2.75) is 116 Å². The fourth-order valence-corrected chi connectivity index (χ4v) is 10.7. The maximum Gasteiger partial charge on any atom is 0.338 e. The third-order valence-electron chi connectivity index (χ3n) is 10.5. The predicted octanol–water partition coefficient (Wildman–Crippen LogP) is 5.51. The molecule has 2 aliphatic carbocycles. The second-order valence-electron chi connectivity index (χ2n) is 13.1. The quantitative estimate of drug-likeness (QED) is 0.289. The number of allylic oxidation sites excluding steroid dienone is 2. The monoisotopic (exact) mass is 640 g/mol. The summed E-state index contributed by atoms with van der Waals surface area (Å²) in [5.41, 5.74) is -1.10. The van der Waals surface area contributed by atoms with Crippen LogP contribution in [-0.4, -0.2) is 73.6 Å². The molecule has 246 valence electrons. The molecule has 7 atom stereocenters. The molecule has 1 N–H and O–H groups in total. The van der Waals surface area contributed by atoms with Crippen molar-refractivity contribution in [3.8, 4) is 0 Å². The van der Waals surface area contributed by atoms with Gasteiger partial charge in [-0.15, -0.1) is 0 Å². The van der Waals surface area contributed by atoms with E-state index in [0.29, 0.717) is 11.1 Å². The van der Waals surface area contributed by atoms with Gasteiger partial charge < -0.3 is 23.7 Å².